The maximum atomic E-state index is 12.2. The zero-order chi connectivity index (χ0) is 18.4. The predicted molar refractivity (Wildman–Crippen MR) is 91.3 cm³/mol. The van der Waals surface area contributed by atoms with E-state index < -0.39 is 16.2 Å². The first-order valence-corrected chi connectivity index (χ1v) is 9.35. The van der Waals surface area contributed by atoms with Crippen molar-refractivity contribution in [3.63, 3.8) is 0 Å². The Balaban J connectivity index is 1.78. The highest BCUT2D eigenvalue weighted by Crippen LogP contribution is 2.11. The maximum absolute atomic E-state index is 12.2. The van der Waals surface area contributed by atoms with Crippen molar-refractivity contribution in [1.29, 1.82) is 0 Å². The number of carboxylic acids is 1. The molecule has 0 aliphatic carbocycles. The Hall–Kier alpha value is -2.17. The molecule has 0 unspecified atom stereocenters. The Kier molecular flexibility index (Phi) is 6.34. The molecule has 138 valence electrons. The largest absolute Gasteiger partial charge is 0.478 e. The second-order valence-electron chi connectivity index (χ2n) is 5.75. The lowest BCUT2D eigenvalue weighted by Gasteiger charge is -2.32. The minimum absolute atomic E-state index is 0.190. The molecule has 1 saturated heterocycles. The molecule has 0 atom stereocenters. The lowest BCUT2D eigenvalue weighted by molar-refractivity contribution is 0.0696. The van der Waals surface area contributed by atoms with Crippen LogP contribution in [0.3, 0.4) is 0 Å². The van der Waals surface area contributed by atoms with E-state index >= 15 is 0 Å². The molecule has 0 bridgehead atoms. The number of amides is 2. The van der Waals surface area contributed by atoms with Gasteiger partial charge in [0.25, 0.3) is 10.2 Å². The summed E-state index contributed by atoms with van der Waals surface area (Å²) >= 11 is 0. The molecule has 4 N–H and O–H groups in total. The predicted octanol–water partition coefficient (Wildman–Crippen LogP) is 0.113. The summed E-state index contributed by atoms with van der Waals surface area (Å²) in [5.41, 5.74) is 0.996. The number of benzene rings is 1. The molecule has 2 rings (SSSR count). The number of piperidine rings is 1. The third-order valence-electron chi connectivity index (χ3n) is 4.02. The quantitative estimate of drug-likeness (QED) is 0.565. The van der Waals surface area contributed by atoms with Crippen molar-refractivity contribution in [2.24, 2.45) is 0 Å². The molecule has 0 spiro atoms. The Morgan fingerprint density at radius 1 is 1.20 bits per heavy atom. The van der Waals surface area contributed by atoms with E-state index in [1.807, 2.05) is 0 Å². The lowest BCUT2D eigenvalue weighted by atomic mass is 10.1. The van der Waals surface area contributed by atoms with Crippen molar-refractivity contribution in [3.8, 4) is 0 Å². The van der Waals surface area contributed by atoms with Crippen molar-refractivity contribution >= 4 is 22.2 Å². The van der Waals surface area contributed by atoms with Crippen molar-refractivity contribution in [2.45, 2.75) is 25.4 Å². The van der Waals surface area contributed by atoms with Gasteiger partial charge in [0.05, 0.1) is 5.56 Å². The Morgan fingerprint density at radius 2 is 1.80 bits per heavy atom. The van der Waals surface area contributed by atoms with E-state index in [0.29, 0.717) is 32.5 Å². The van der Waals surface area contributed by atoms with E-state index in [0.717, 1.165) is 5.56 Å². The van der Waals surface area contributed by atoms with Crippen LogP contribution in [0.15, 0.2) is 24.3 Å². The van der Waals surface area contributed by atoms with Crippen LogP contribution in [0.4, 0.5) is 4.79 Å². The number of carboxylic acid groups (broad SMARTS) is 1. The molecule has 10 heteroatoms. The molecule has 9 nitrogen and oxygen atoms in total. The number of nitrogens with zero attached hydrogens (tertiary/aromatic N) is 1. The van der Waals surface area contributed by atoms with Gasteiger partial charge in [0, 0.05) is 32.7 Å². The van der Waals surface area contributed by atoms with Gasteiger partial charge in [-0.2, -0.15) is 13.1 Å². The van der Waals surface area contributed by atoms with Crippen LogP contribution in [0.25, 0.3) is 0 Å². The van der Waals surface area contributed by atoms with Crippen LogP contribution >= 0.6 is 0 Å². The fourth-order valence-electron chi connectivity index (χ4n) is 2.53. The van der Waals surface area contributed by atoms with Gasteiger partial charge in [0.2, 0.25) is 0 Å². The van der Waals surface area contributed by atoms with E-state index in [1.165, 1.54) is 19.2 Å². The molecule has 1 aromatic carbocycles. The number of nitrogens with one attached hydrogen (secondary N) is 3. The van der Waals surface area contributed by atoms with Crippen LogP contribution < -0.4 is 14.8 Å². The number of hydrogen-bond acceptors (Lipinski definition) is 4. The molecule has 1 fully saturated rings. The van der Waals surface area contributed by atoms with Crippen LogP contribution in [0.2, 0.25) is 0 Å². The smallest absolute Gasteiger partial charge is 0.335 e. The van der Waals surface area contributed by atoms with Crippen LogP contribution in [-0.4, -0.2) is 56.6 Å². The van der Waals surface area contributed by atoms with Gasteiger partial charge in [-0.25, -0.2) is 14.3 Å². The summed E-state index contributed by atoms with van der Waals surface area (Å²) in [6.07, 6.45) is 1.09. The normalized spacial score (nSPS) is 15.8. The average Bonchev–Trinajstić information content (AvgIpc) is 2.60. The highest BCUT2D eigenvalue weighted by atomic mass is 32.2. The third kappa shape index (κ3) is 5.69. The highest BCUT2D eigenvalue weighted by Gasteiger charge is 2.25. The first-order valence-electron chi connectivity index (χ1n) is 7.86. The van der Waals surface area contributed by atoms with Gasteiger partial charge in [-0.05, 0) is 30.5 Å². The van der Waals surface area contributed by atoms with Crippen LogP contribution in [-0.2, 0) is 16.8 Å². The zero-order valence-corrected chi connectivity index (χ0v) is 14.7. The van der Waals surface area contributed by atoms with Gasteiger partial charge in [-0.1, -0.05) is 12.1 Å². The number of carbonyl (C=O) groups excluding carboxylic acids is 1. The fraction of sp³-hybridized carbons (Fsp3) is 0.467. The van der Waals surface area contributed by atoms with Crippen LogP contribution in [0.5, 0.6) is 0 Å². The van der Waals surface area contributed by atoms with Crippen LogP contribution in [0, 0.1) is 0 Å². The average molecular weight is 370 g/mol. The van der Waals surface area contributed by atoms with Gasteiger partial charge in [0.1, 0.15) is 0 Å². The maximum Gasteiger partial charge on any atom is 0.335 e. The number of rotatable bonds is 6. The van der Waals surface area contributed by atoms with E-state index in [9.17, 15) is 18.0 Å². The van der Waals surface area contributed by atoms with Crippen molar-refractivity contribution in [3.05, 3.63) is 35.4 Å². The molecule has 1 heterocycles. The molecule has 1 aliphatic rings. The first-order chi connectivity index (χ1) is 11.8. The monoisotopic (exact) mass is 370 g/mol. The Bertz CT molecular complexity index is 712. The number of urea groups is 1. The number of hydrogen-bond donors (Lipinski definition) is 4. The SMILES string of the molecule is CNS(=O)(=O)NC1CCN(C(=O)NCc2ccc(C(=O)O)cc2)CC1. The van der Waals surface area contributed by atoms with Crippen molar-refractivity contribution < 1.29 is 23.1 Å². The molecule has 0 aromatic heterocycles. The van der Waals surface area contributed by atoms with E-state index in [-0.39, 0.29) is 17.6 Å². The number of carbonyl (C=O) groups is 2. The van der Waals surface area contributed by atoms with Gasteiger partial charge in [-0.15, -0.1) is 0 Å². The molecule has 25 heavy (non-hydrogen) atoms. The second-order valence-corrected chi connectivity index (χ2v) is 7.40. The Morgan fingerprint density at radius 3 is 2.32 bits per heavy atom. The van der Waals surface area contributed by atoms with Gasteiger partial charge < -0.3 is 15.3 Å². The zero-order valence-electron chi connectivity index (χ0n) is 13.9. The highest BCUT2D eigenvalue weighted by molar-refractivity contribution is 7.87. The minimum Gasteiger partial charge on any atom is -0.478 e. The molecular weight excluding hydrogens is 348 g/mol. The lowest BCUT2D eigenvalue weighted by Crippen LogP contribution is -2.50. The van der Waals surface area contributed by atoms with Crippen molar-refractivity contribution in [1.82, 2.24) is 19.7 Å². The molecule has 0 radical (unpaired) electrons. The molecular formula is C15H22N4O5S. The topological polar surface area (TPSA) is 128 Å². The first kappa shape index (κ1) is 19.2. The Labute approximate surface area is 146 Å². The molecule has 1 aliphatic heterocycles. The summed E-state index contributed by atoms with van der Waals surface area (Å²) in [7, 11) is -2.13. The second kappa shape index (κ2) is 8.28. The summed E-state index contributed by atoms with van der Waals surface area (Å²) in [5.74, 6) is -0.993. The van der Waals surface area contributed by atoms with E-state index in [2.05, 4.69) is 14.8 Å². The van der Waals surface area contributed by atoms with Gasteiger partial charge >= 0.3 is 12.0 Å². The van der Waals surface area contributed by atoms with Gasteiger partial charge in [0.15, 0.2) is 0 Å². The summed E-state index contributed by atoms with van der Waals surface area (Å²) in [4.78, 5) is 24.6. The molecule has 2 amide bonds. The summed E-state index contributed by atoms with van der Waals surface area (Å²) in [6, 6.07) is 5.87. The van der Waals surface area contributed by atoms with Gasteiger partial charge in [-0.3, -0.25) is 0 Å². The number of likely N-dealkylation sites (tertiary alicyclic amines) is 1. The summed E-state index contributed by atoms with van der Waals surface area (Å²) in [5, 5.41) is 11.6. The standard InChI is InChI=1S/C15H22N4O5S/c1-16-25(23,24)18-13-6-8-19(9-7-13)15(22)17-10-11-2-4-12(5-3-11)14(20)21/h2-5,13,16,18H,6-10H2,1H3,(H,17,22)(H,20,21). The van der Waals surface area contributed by atoms with Crippen molar-refractivity contribution in [2.75, 3.05) is 20.1 Å². The fourth-order valence-corrected chi connectivity index (χ4v) is 3.33. The molecule has 1 aromatic rings. The minimum atomic E-state index is -3.47. The van der Waals surface area contributed by atoms with E-state index in [4.69, 9.17) is 5.11 Å². The summed E-state index contributed by atoms with van der Waals surface area (Å²) < 4.78 is 27.6. The summed E-state index contributed by atoms with van der Waals surface area (Å²) in [6.45, 7) is 1.21. The molecule has 0 saturated carbocycles. The third-order valence-corrected chi connectivity index (χ3v) is 5.20. The number of aromatic carboxylic acids is 1. The van der Waals surface area contributed by atoms with E-state index in [1.54, 1.807) is 17.0 Å². The van der Waals surface area contributed by atoms with Crippen LogP contribution in [0.1, 0.15) is 28.8 Å².